The Bertz CT molecular complexity index is 1150. The van der Waals surface area contributed by atoms with E-state index in [4.69, 9.17) is 13.9 Å². The first kappa shape index (κ1) is 22.1. The van der Waals surface area contributed by atoms with E-state index in [2.05, 4.69) is 5.32 Å². The molecule has 0 aliphatic heterocycles. The molecule has 7 nitrogen and oxygen atoms in total. The SMILES string of the molecule is Cc1c(C)c2ccc(OC(=O)CCCNC(=O)OCc3ccccc3)c(C)c2oc1=O. The number of fused-ring (bicyclic) bond motifs is 1. The molecule has 1 amide bonds. The Morgan fingerprint density at radius 1 is 0.968 bits per heavy atom. The van der Waals surface area contributed by atoms with Crippen LogP contribution in [-0.4, -0.2) is 18.6 Å². The third-order valence-electron chi connectivity index (χ3n) is 5.09. The number of alkyl carbamates (subject to hydrolysis) is 1. The molecule has 0 spiro atoms. The second kappa shape index (κ2) is 9.93. The first-order valence-corrected chi connectivity index (χ1v) is 10.1. The van der Waals surface area contributed by atoms with Gasteiger partial charge in [0, 0.05) is 29.5 Å². The largest absolute Gasteiger partial charge is 0.445 e. The number of carbonyl (C=O) groups is 2. The van der Waals surface area contributed by atoms with Gasteiger partial charge in [0.25, 0.3) is 0 Å². The highest BCUT2D eigenvalue weighted by atomic mass is 16.5. The molecule has 0 atom stereocenters. The highest BCUT2D eigenvalue weighted by Crippen LogP contribution is 2.29. The molecule has 162 valence electrons. The van der Waals surface area contributed by atoms with Crippen LogP contribution < -0.4 is 15.7 Å². The number of amides is 1. The van der Waals surface area contributed by atoms with Gasteiger partial charge in [-0.05, 0) is 50.5 Å². The van der Waals surface area contributed by atoms with Crippen molar-refractivity contribution < 1.29 is 23.5 Å². The Morgan fingerprint density at radius 3 is 2.45 bits per heavy atom. The van der Waals surface area contributed by atoms with Gasteiger partial charge in [0.1, 0.15) is 17.9 Å². The molecule has 1 N–H and O–H groups in total. The second-order valence-corrected chi connectivity index (χ2v) is 7.27. The van der Waals surface area contributed by atoms with E-state index in [1.165, 1.54) is 0 Å². The van der Waals surface area contributed by atoms with E-state index in [-0.39, 0.29) is 19.6 Å². The van der Waals surface area contributed by atoms with E-state index < -0.39 is 17.7 Å². The number of rotatable bonds is 7. The lowest BCUT2D eigenvalue weighted by Gasteiger charge is -2.11. The quantitative estimate of drug-likeness (QED) is 0.263. The second-order valence-electron chi connectivity index (χ2n) is 7.27. The van der Waals surface area contributed by atoms with Gasteiger partial charge in [-0.1, -0.05) is 30.3 Å². The molecule has 3 rings (SSSR count). The van der Waals surface area contributed by atoms with Crippen molar-refractivity contribution in [3.05, 3.63) is 75.1 Å². The van der Waals surface area contributed by atoms with E-state index in [1.54, 1.807) is 26.0 Å². The maximum atomic E-state index is 12.2. The van der Waals surface area contributed by atoms with Crippen LogP contribution in [0.15, 0.2) is 51.7 Å². The van der Waals surface area contributed by atoms with Gasteiger partial charge < -0.3 is 19.2 Å². The van der Waals surface area contributed by atoms with Gasteiger partial charge in [-0.15, -0.1) is 0 Å². The van der Waals surface area contributed by atoms with Crippen molar-refractivity contribution in [2.75, 3.05) is 6.54 Å². The Balaban J connectivity index is 1.48. The van der Waals surface area contributed by atoms with Crippen molar-refractivity contribution in [2.45, 2.75) is 40.2 Å². The van der Waals surface area contributed by atoms with Crippen LogP contribution in [0.5, 0.6) is 5.75 Å². The monoisotopic (exact) mass is 423 g/mol. The van der Waals surface area contributed by atoms with Crippen molar-refractivity contribution in [2.24, 2.45) is 0 Å². The van der Waals surface area contributed by atoms with E-state index in [1.807, 2.05) is 37.3 Å². The molecule has 7 heteroatoms. The number of hydrogen-bond acceptors (Lipinski definition) is 6. The summed E-state index contributed by atoms with van der Waals surface area (Å²) in [7, 11) is 0. The number of esters is 1. The zero-order valence-electron chi connectivity index (χ0n) is 17.8. The number of carbonyl (C=O) groups excluding carboxylic acids is 2. The van der Waals surface area contributed by atoms with Crippen LogP contribution in [0.2, 0.25) is 0 Å². The molecule has 31 heavy (non-hydrogen) atoms. The Morgan fingerprint density at radius 2 is 1.71 bits per heavy atom. The number of aryl methyl sites for hydroxylation is 2. The molecule has 0 aliphatic carbocycles. The van der Waals surface area contributed by atoms with Crippen molar-refractivity contribution in [1.29, 1.82) is 0 Å². The Labute approximate surface area is 180 Å². The van der Waals surface area contributed by atoms with Crippen LogP contribution in [0.3, 0.4) is 0 Å². The maximum absolute atomic E-state index is 12.2. The van der Waals surface area contributed by atoms with Gasteiger partial charge in [-0.25, -0.2) is 9.59 Å². The molecule has 0 radical (unpaired) electrons. The van der Waals surface area contributed by atoms with E-state index in [0.29, 0.717) is 28.9 Å². The summed E-state index contributed by atoms with van der Waals surface area (Å²) < 4.78 is 15.9. The third kappa shape index (κ3) is 5.51. The molecule has 0 saturated carbocycles. The number of nitrogens with one attached hydrogen (secondary N) is 1. The van der Waals surface area contributed by atoms with Crippen LogP contribution in [0, 0.1) is 20.8 Å². The minimum atomic E-state index is -0.539. The molecule has 1 aromatic heterocycles. The number of ether oxygens (including phenoxy) is 2. The summed E-state index contributed by atoms with van der Waals surface area (Å²) in [5, 5.41) is 3.42. The van der Waals surface area contributed by atoms with E-state index in [0.717, 1.165) is 16.5 Å². The summed E-state index contributed by atoms with van der Waals surface area (Å²) in [6, 6.07) is 12.8. The van der Waals surface area contributed by atoms with Crippen molar-refractivity contribution in [3.63, 3.8) is 0 Å². The lowest BCUT2D eigenvalue weighted by molar-refractivity contribution is -0.134. The molecule has 0 aliphatic rings. The maximum Gasteiger partial charge on any atom is 0.407 e. The fraction of sp³-hybridized carbons (Fsp3) is 0.292. The summed E-state index contributed by atoms with van der Waals surface area (Å²) in [4.78, 5) is 35.9. The third-order valence-corrected chi connectivity index (χ3v) is 5.09. The fourth-order valence-corrected chi connectivity index (χ4v) is 3.11. The fourth-order valence-electron chi connectivity index (χ4n) is 3.11. The summed E-state index contributed by atoms with van der Waals surface area (Å²) in [5.74, 6) is -0.0905. The smallest absolute Gasteiger partial charge is 0.407 e. The van der Waals surface area contributed by atoms with Crippen molar-refractivity contribution in [1.82, 2.24) is 5.32 Å². The lowest BCUT2D eigenvalue weighted by atomic mass is 10.0. The predicted octanol–water partition coefficient (Wildman–Crippen LogP) is 4.33. The lowest BCUT2D eigenvalue weighted by Crippen LogP contribution is -2.26. The zero-order valence-corrected chi connectivity index (χ0v) is 17.8. The number of benzene rings is 2. The molecular formula is C24H25NO6. The van der Waals surface area contributed by atoms with Crippen LogP contribution >= 0.6 is 0 Å². The highest BCUT2D eigenvalue weighted by Gasteiger charge is 2.15. The predicted molar refractivity (Wildman–Crippen MR) is 116 cm³/mol. The topological polar surface area (TPSA) is 94.8 Å². The Kier molecular flexibility index (Phi) is 7.07. The van der Waals surface area contributed by atoms with Crippen LogP contribution in [-0.2, 0) is 16.1 Å². The molecule has 0 saturated heterocycles. The molecular weight excluding hydrogens is 398 g/mol. The van der Waals surface area contributed by atoms with E-state index >= 15 is 0 Å². The molecule has 0 bridgehead atoms. The van der Waals surface area contributed by atoms with Gasteiger partial charge >= 0.3 is 17.7 Å². The van der Waals surface area contributed by atoms with Gasteiger partial charge in [-0.3, -0.25) is 4.79 Å². The van der Waals surface area contributed by atoms with Gasteiger partial charge in [0.2, 0.25) is 0 Å². The van der Waals surface area contributed by atoms with Crippen molar-refractivity contribution >= 4 is 23.0 Å². The molecule has 0 unspecified atom stereocenters. The van der Waals surface area contributed by atoms with Gasteiger partial charge in [-0.2, -0.15) is 0 Å². The average Bonchev–Trinajstić information content (AvgIpc) is 2.77. The van der Waals surface area contributed by atoms with E-state index in [9.17, 15) is 14.4 Å². The van der Waals surface area contributed by atoms with Crippen molar-refractivity contribution in [3.8, 4) is 5.75 Å². The summed E-state index contributed by atoms with van der Waals surface area (Å²) in [6.45, 7) is 5.79. The number of hydrogen-bond donors (Lipinski definition) is 1. The summed E-state index contributed by atoms with van der Waals surface area (Å²) >= 11 is 0. The molecule has 1 heterocycles. The Hall–Kier alpha value is -3.61. The average molecular weight is 423 g/mol. The minimum Gasteiger partial charge on any atom is -0.445 e. The van der Waals surface area contributed by atoms with Crippen LogP contribution in [0.1, 0.15) is 35.1 Å². The first-order chi connectivity index (χ1) is 14.9. The van der Waals surface area contributed by atoms with Gasteiger partial charge in [0.15, 0.2) is 0 Å². The standard InChI is InChI=1S/C24H25NO6/c1-15-16(2)23(27)31-22-17(3)20(12-11-19(15)22)30-21(26)10-7-13-25-24(28)29-14-18-8-5-4-6-9-18/h4-6,8-9,11-12H,7,10,13-14H2,1-3H3,(H,25,28). The van der Waals surface area contributed by atoms with Crippen LogP contribution in [0.4, 0.5) is 4.79 Å². The van der Waals surface area contributed by atoms with Crippen LogP contribution in [0.25, 0.3) is 11.0 Å². The molecule has 0 fully saturated rings. The summed E-state index contributed by atoms with van der Waals surface area (Å²) in [5.41, 5.74) is 2.91. The minimum absolute atomic E-state index is 0.118. The first-order valence-electron chi connectivity index (χ1n) is 10.1. The normalized spacial score (nSPS) is 10.7. The molecule has 3 aromatic rings. The highest BCUT2D eigenvalue weighted by molar-refractivity contribution is 5.86. The van der Waals surface area contributed by atoms with Gasteiger partial charge in [0.05, 0.1) is 0 Å². The molecule has 2 aromatic carbocycles. The zero-order chi connectivity index (χ0) is 22.4. The summed E-state index contributed by atoms with van der Waals surface area (Å²) in [6.07, 6.45) is -0.0182.